The standard InChI is InChI=1S/C10H10ClN3O5S/c11-20(18,19)6-7-3-10(15)13(5-7)8-1-2-12-4-9(8)14(16)17/h1-2,4,7H,3,5-6H2. The van der Waals surface area contributed by atoms with Crippen LogP contribution in [0.3, 0.4) is 0 Å². The second-order valence-corrected chi connectivity index (χ2v) is 7.22. The molecule has 1 atom stereocenters. The first-order valence-corrected chi connectivity index (χ1v) is 8.07. The van der Waals surface area contributed by atoms with Gasteiger partial charge in [0, 0.05) is 35.8 Å². The van der Waals surface area contributed by atoms with Crippen molar-refractivity contribution in [1.82, 2.24) is 4.98 Å². The molecule has 1 amide bonds. The van der Waals surface area contributed by atoms with Crippen molar-refractivity contribution in [3.05, 3.63) is 28.6 Å². The zero-order valence-corrected chi connectivity index (χ0v) is 11.7. The fourth-order valence-electron chi connectivity index (χ4n) is 2.16. The molecular weight excluding hydrogens is 310 g/mol. The predicted molar refractivity (Wildman–Crippen MR) is 71.0 cm³/mol. The second-order valence-electron chi connectivity index (χ2n) is 4.40. The van der Waals surface area contributed by atoms with Crippen LogP contribution >= 0.6 is 10.7 Å². The lowest BCUT2D eigenvalue weighted by atomic mass is 10.1. The van der Waals surface area contributed by atoms with Crippen LogP contribution in [0.1, 0.15) is 6.42 Å². The van der Waals surface area contributed by atoms with Crippen LogP contribution in [0.25, 0.3) is 0 Å². The number of nitro groups is 1. The molecule has 0 saturated carbocycles. The number of halogens is 1. The van der Waals surface area contributed by atoms with Crippen molar-refractivity contribution in [3.8, 4) is 0 Å². The minimum atomic E-state index is -3.72. The number of hydrogen-bond donors (Lipinski definition) is 0. The number of rotatable bonds is 4. The summed E-state index contributed by atoms with van der Waals surface area (Å²) in [6.07, 6.45) is 2.38. The maximum absolute atomic E-state index is 11.9. The van der Waals surface area contributed by atoms with Crippen molar-refractivity contribution in [3.63, 3.8) is 0 Å². The molecule has 0 aromatic carbocycles. The van der Waals surface area contributed by atoms with E-state index in [1.807, 2.05) is 0 Å². The first kappa shape index (κ1) is 14.7. The van der Waals surface area contributed by atoms with Gasteiger partial charge in [0.2, 0.25) is 15.0 Å². The molecule has 8 nitrogen and oxygen atoms in total. The lowest BCUT2D eigenvalue weighted by Gasteiger charge is -2.16. The highest BCUT2D eigenvalue weighted by molar-refractivity contribution is 8.13. The van der Waals surface area contributed by atoms with E-state index in [0.29, 0.717) is 0 Å². The lowest BCUT2D eigenvalue weighted by molar-refractivity contribution is -0.384. The summed E-state index contributed by atoms with van der Waals surface area (Å²) in [4.78, 5) is 27.0. The topological polar surface area (TPSA) is 110 Å². The maximum Gasteiger partial charge on any atom is 0.311 e. The van der Waals surface area contributed by atoms with Gasteiger partial charge in [0.25, 0.3) is 0 Å². The third-order valence-corrected chi connectivity index (χ3v) is 4.15. The molecule has 1 aromatic heterocycles. The average molecular weight is 320 g/mol. The molecule has 108 valence electrons. The molecule has 20 heavy (non-hydrogen) atoms. The van der Waals surface area contributed by atoms with Crippen LogP contribution < -0.4 is 4.90 Å². The molecule has 0 bridgehead atoms. The van der Waals surface area contributed by atoms with Gasteiger partial charge in [-0.05, 0) is 6.07 Å². The highest BCUT2D eigenvalue weighted by Crippen LogP contribution is 2.32. The van der Waals surface area contributed by atoms with Gasteiger partial charge in [-0.1, -0.05) is 0 Å². The van der Waals surface area contributed by atoms with E-state index in [2.05, 4.69) is 4.98 Å². The zero-order chi connectivity index (χ0) is 14.9. The molecule has 0 aliphatic carbocycles. The van der Waals surface area contributed by atoms with E-state index < -0.39 is 19.9 Å². The van der Waals surface area contributed by atoms with Crippen LogP contribution in [0.4, 0.5) is 11.4 Å². The SMILES string of the molecule is O=C1CC(CS(=O)(=O)Cl)CN1c1ccncc1[N+](=O)[O-]. The molecule has 0 radical (unpaired) electrons. The Bertz CT molecular complexity index is 663. The Labute approximate surface area is 118 Å². The van der Waals surface area contributed by atoms with Crippen molar-refractivity contribution in [2.45, 2.75) is 6.42 Å². The summed E-state index contributed by atoms with van der Waals surface area (Å²) >= 11 is 0. The van der Waals surface area contributed by atoms with Gasteiger partial charge < -0.3 is 4.90 Å². The number of aromatic nitrogens is 1. The summed E-state index contributed by atoms with van der Waals surface area (Å²) in [5.74, 6) is -1.18. The van der Waals surface area contributed by atoms with E-state index in [4.69, 9.17) is 10.7 Å². The van der Waals surface area contributed by atoms with Gasteiger partial charge in [-0.15, -0.1) is 0 Å². The molecule has 2 heterocycles. The molecule has 1 saturated heterocycles. The van der Waals surface area contributed by atoms with Gasteiger partial charge in [-0.2, -0.15) is 0 Å². The average Bonchev–Trinajstić information content (AvgIpc) is 2.67. The van der Waals surface area contributed by atoms with Gasteiger partial charge in [0.15, 0.2) is 0 Å². The molecule has 0 N–H and O–H groups in total. The molecule has 1 aromatic rings. The number of anilines is 1. The van der Waals surface area contributed by atoms with Gasteiger partial charge in [-0.25, -0.2) is 8.42 Å². The molecule has 10 heteroatoms. The maximum atomic E-state index is 11.9. The fraction of sp³-hybridized carbons (Fsp3) is 0.400. The van der Waals surface area contributed by atoms with Crippen molar-refractivity contribution < 1.29 is 18.1 Å². The van der Waals surface area contributed by atoms with E-state index in [0.717, 1.165) is 6.20 Å². The van der Waals surface area contributed by atoms with Crippen molar-refractivity contribution in [2.24, 2.45) is 5.92 Å². The highest BCUT2D eigenvalue weighted by Gasteiger charge is 2.36. The fourth-order valence-corrected chi connectivity index (χ4v) is 3.48. The Morgan fingerprint density at radius 1 is 1.55 bits per heavy atom. The Kier molecular flexibility index (Phi) is 3.91. The van der Waals surface area contributed by atoms with Gasteiger partial charge in [-0.3, -0.25) is 19.9 Å². The Morgan fingerprint density at radius 3 is 2.85 bits per heavy atom. The monoisotopic (exact) mass is 319 g/mol. The van der Waals surface area contributed by atoms with Crippen LogP contribution in [0, 0.1) is 16.0 Å². The number of amides is 1. The number of hydrogen-bond acceptors (Lipinski definition) is 6. The van der Waals surface area contributed by atoms with Crippen molar-refractivity contribution in [2.75, 3.05) is 17.2 Å². The summed E-state index contributed by atoms with van der Waals surface area (Å²) in [6, 6.07) is 1.35. The molecule has 1 aliphatic heterocycles. The first-order valence-electron chi connectivity index (χ1n) is 5.59. The number of pyridine rings is 1. The van der Waals surface area contributed by atoms with Crippen molar-refractivity contribution >= 4 is 37.0 Å². The van der Waals surface area contributed by atoms with Crippen LogP contribution in [0.5, 0.6) is 0 Å². The van der Waals surface area contributed by atoms with Crippen LogP contribution in [0.2, 0.25) is 0 Å². The molecule has 0 spiro atoms. The summed E-state index contributed by atoms with van der Waals surface area (Å²) in [5, 5.41) is 10.9. The van der Waals surface area contributed by atoms with E-state index in [1.54, 1.807) is 0 Å². The van der Waals surface area contributed by atoms with Gasteiger partial charge in [0.05, 0.1) is 10.7 Å². The third kappa shape index (κ3) is 3.23. The molecule has 1 fully saturated rings. The van der Waals surface area contributed by atoms with Crippen LogP contribution in [0.15, 0.2) is 18.5 Å². The van der Waals surface area contributed by atoms with E-state index in [-0.39, 0.29) is 36.0 Å². The van der Waals surface area contributed by atoms with E-state index in [1.165, 1.54) is 17.2 Å². The normalized spacial score (nSPS) is 19.4. The summed E-state index contributed by atoms with van der Waals surface area (Å²) in [7, 11) is 1.44. The van der Waals surface area contributed by atoms with Gasteiger partial charge >= 0.3 is 5.69 Å². The first-order chi connectivity index (χ1) is 9.28. The minimum absolute atomic E-state index is 0.00850. The number of nitrogens with zero attached hydrogens (tertiary/aromatic N) is 3. The van der Waals surface area contributed by atoms with E-state index in [9.17, 15) is 23.3 Å². The highest BCUT2D eigenvalue weighted by atomic mass is 35.7. The van der Waals surface area contributed by atoms with E-state index >= 15 is 0 Å². The third-order valence-electron chi connectivity index (χ3n) is 2.91. The number of carbonyl (C=O) groups is 1. The minimum Gasteiger partial charge on any atom is -0.306 e. The Morgan fingerprint density at radius 2 is 2.25 bits per heavy atom. The second kappa shape index (κ2) is 5.33. The smallest absolute Gasteiger partial charge is 0.306 e. The molecule has 1 aliphatic rings. The van der Waals surface area contributed by atoms with Crippen molar-refractivity contribution in [1.29, 1.82) is 0 Å². The van der Waals surface area contributed by atoms with Gasteiger partial charge in [0.1, 0.15) is 11.9 Å². The molecular formula is C10H10ClN3O5S. The van der Waals surface area contributed by atoms with Crippen LogP contribution in [-0.4, -0.2) is 36.5 Å². The number of carbonyl (C=O) groups excluding carboxylic acids is 1. The largest absolute Gasteiger partial charge is 0.311 e. The Balaban J connectivity index is 2.27. The quantitative estimate of drug-likeness (QED) is 0.463. The Hall–Kier alpha value is -1.74. The zero-order valence-electron chi connectivity index (χ0n) is 10.1. The predicted octanol–water partition coefficient (Wildman–Crippen LogP) is 0.911. The summed E-state index contributed by atoms with van der Waals surface area (Å²) in [5.41, 5.74) is -0.181. The lowest BCUT2D eigenvalue weighted by Crippen LogP contribution is -2.26. The molecule has 1 unspecified atom stereocenters. The summed E-state index contributed by atoms with van der Waals surface area (Å²) < 4.78 is 22.1. The molecule has 2 rings (SSSR count). The van der Waals surface area contributed by atoms with Crippen LogP contribution in [-0.2, 0) is 13.8 Å². The summed E-state index contributed by atoms with van der Waals surface area (Å²) in [6.45, 7) is 0.0790.